The van der Waals surface area contributed by atoms with Gasteiger partial charge in [0.25, 0.3) is 0 Å². The molecular weight excluding hydrogens is 308 g/mol. The number of hydrogen-bond donors (Lipinski definition) is 2. The molecule has 1 aromatic rings. The molecule has 20 heavy (non-hydrogen) atoms. The van der Waals surface area contributed by atoms with Gasteiger partial charge in [0.1, 0.15) is 5.25 Å². The lowest BCUT2D eigenvalue weighted by Gasteiger charge is -2.12. The van der Waals surface area contributed by atoms with Gasteiger partial charge in [-0.3, -0.25) is 4.79 Å². The molecule has 1 aromatic carbocycles. The highest BCUT2D eigenvalue weighted by atomic mass is 35.5. The lowest BCUT2D eigenvalue weighted by molar-refractivity contribution is -0.115. The molecule has 1 heterocycles. The highest BCUT2D eigenvalue weighted by molar-refractivity contribution is 7.92. The number of nitrogen functional groups attached to an aromatic ring is 1. The summed E-state index contributed by atoms with van der Waals surface area (Å²) in [6.07, 6.45) is 1.00. The largest absolute Gasteiger partial charge is 0.454 e. The Bertz CT molecular complexity index is 632. The summed E-state index contributed by atoms with van der Waals surface area (Å²) in [5, 5.41) is 1.31. The van der Waals surface area contributed by atoms with Crippen LogP contribution in [0.25, 0.3) is 0 Å². The SMILES string of the molecule is CC(C(=O)Nc1cc2c(cc1N)OCO2)S(C)(=O)=O.Cl. The third kappa shape index (κ3) is 3.26. The number of hydrogen-bond acceptors (Lipinski definition) is 6. The summed E-state index contributed by atoms with van der Waals surface area (Å²) in [6.45, 7) is 1.40. The normalized spacial score (nSPS) is 14.3. The zero-order valence-electron chi connectivity index (χ0n) is 10.9. The van der Waals surface area contributed by atoms with Crippen molar-refractivity contribution in [1.82, 2.24) is 0 Å². The summed E-state index contributed by atoms with van der Waals surface area (Å²) in [5.41, 5.74) is 6.32. The van der Waals surface area contributed by atoms with Crippen molar-refractivity contribution in [2.24, 2.45) is 0 Å². The minimum Gasteiger partial charge on any atom is -0.454 e. The van der Waals surface area contributed by atoms with Gasteiger partial charge in [0.2, 0.25) is 12.7 Å². The Morgan fingerprint density at radius 1 is 1.35 bits per heavy atom. The highest BCUT2D eigenvalue weighted by Crippen LogP contribution is 2.38. The van der Waals surface area contributed by atoms with Crippen LogP contribution in [0.2, 0.25) is 0 Å². The molecule has 0 spiro atoms. The van der Waals surface area contributed by atoms with Crippen LogP contribution < -0.4 is 20.5 Å². The van der Waals surface area contributed by atoms with Crippen LogP contribution in [0.1, 0.15) is 6.92 Å². The number of amides is 1. The Labute approximate surface area is 122 Å². The van der Waals surface area contributed by atoms with Crippen molar-refractivity contribution in [1.29, 1.82) is 0 Å². The molecule has 0 saturated heterocycles. The number of carbonyl (C=O) groups is 1. The van der Waals surface area contributed by atoms with Crippen molar-refractivity contribution in [3.63, 3.8) is 0 Å². The standard InChI is InChI=1S/C11H14N2O5S.ClH/c1-6(19(2,15)16)11(14)13-8-4-10-9(3-7(8)12)17-5-18-10;/h3-4,6H,5,12H2,1-2H3,(H,13,14);1H. The lowest BCUT2D eigenvalue weighted by atomic mass is 10.2. The number of sulfone groups is 1. The molecule has 0 fully saturated rings. The van der Waals surface area contributed by atoms with Gasteiger partial charge in [-0.05, 0) is 6.92 Å². The summed E-state index contributed by atoms with van der Waals surface area (Å²) in [4.78, 5) is 11.8. The summed E-state index contributed by atoms with van der Waals surface area (Å²) in [7, 11) is -3.46. The van der Waals surface area contributed by atoms with Gasteiger partial charge >= 0.3 is 0 Å². The summed E-state index contributed by atoms with van der Waals surface area (Å²) < 4.78 is 32.9. The van der Waals surface area contributed by atoms with Gasteiger partial charge in [-0.15, -0.1) is 12.4 Å². The second-order valence-corrected chi connectivity index (χ2v) is 6.62. The molecule has 0 bridgehead atoms. The second kappa shape index (κ2) is 5.76. The van der Waals surface area contributed by atoms with E-state index in [9.17, 15) is 13.2 Å². The number of ether oxygens (including phenoxy) is 2. The van der Waals surface area contributed by atoms with Gasteiger partial charge in [-0.25, -0.2) is 8.42 Å². The first-order valence-corrected chi connectivity index (χ1v) is 7.43. The molecule has 0 radical (unpaired) electrons. The molecule has 0 saturated carbocycles. The van der Waals surface area contributed by atoms with E-state index in [1.54, 1.807) is 0 Å². The summed E-state index contributed by atoms with van der Waals surface area (Å²) >= 11 is 0. The Morgan fingerprint density at radius 3 is 2.45 bits per heavy atom. The Hall–Kier alpha value is -1.67. The summed E-state index contributed by atoms with van der Waals surface area (Å²) in [6, 6.07) is 3.02. The summed E-state index contributed by atoms with van der Waals surface area (Å²) in [5.74, 6) is 0.302. The number of carbonyl (C=O) groups excluding carboxylic acids is 1. The van der Waals surface area contributed by atoms with Crippen LogP contribution in [-0.2, 0) is 14.6 Å². The number of rotatable bonds is 3. The Balaban J connectivity index is 0.00000200. The highest BCUT2D eigenvalue weighted by Gasteiger charge is 2.25. The van der Waals surface area contributed by atoms with Gasteiger partial charge in [0.05, 0.1) is 11.4 Å². The van der Waals surface area contributed by atoms with Crippen LogP contribution in [-0.4, -0.2) is 32.6 Å². The van der Waals surface area contributed by atoms with E-state index < -0.39 is 21.0 Å². The minimum atomic E-state index is -3.46. The smallest absolute Gasteiger partial charge is 0.242 e. The number of benzene rings is 1. The molecular formula is C11H15ClN2O5S. The molecule has 1 atom stereocenters. The van der Waals surface area contributed by atoms with Crippen molar-refractivity contribution >= 4 is 39.5 Å². The fourth-order valence-electron chi connectivity index (χ4n) is 1.49. The topological polar surface area (TPSA) is 108 Å². The first kappa shape index (κ1) is 16.4. The fraction of sp³-hybridized carbons (Fsp3) is 0.364. The fourth-order valence-corrected chi connectivity index (χ4v) is 1.94. The van der Waals surface area contributed by atoms with Crippen molar-refractivity contribution in [3.05, 3.63) is 12.1 Å². The molecule has 112 valence electrons. The van der Waals surface area contributed by atoms with Crippen molar-refractivity contribution < 1.29 is 22.7 Å². The average molecular weight is 323 g/mol. The van der Waals surface area contributed by atoms with E-state index >= 15 is 0 Å². The van der Waals surface area contributed by atoms with Crippen molar-refractivity contribution in [3.8, 4) is 11.5 Å². The van der Waals surface area contributed by atoms with E-state index in [2.05, 4.69) is 5.32 Å². The zero-order chi connectivity index (χ0) is 14.2. The third-order valence-corrected chi connectivity index (χ3v) is 4.31. The molecule has 1 amide bonds. The van der Waals surface area contributed by atoms with E-state index in [4.69, 9.17) is 15.2 Å². The van der Waals surface area contributed by atoms with Crippen LogP contribution in [0.15, 0.2) is 12.1 Å². The Morgan fingerprint density at radius 2 is 1.90 bits per heavy atom. The maximum absolute atomic E-state index is 11.8. The molecule has 0 aliphatic carbocycles. The van der Waals surface area contributed by atoms with E-state index in [0.717, 1.165) is 6.26 Å². The quantitative estimate of drug-likeness (QED) is 0.797. The molecule has 9 heteroatoms. The first-order chi connectivity index (χ1) is 8.79. The first-order valence-electron chi connectivity index (χ1n) is 5.48. The lowest BCUT2D eigenvalue weighted by Crippen LogP contribution is -2.32. The second-order valence-electron chi connectivity index (χ2n) is 4.25. The van der Waals surface area contributed by atoms with Gasteiger partial charge in [-0.1, -0.05) is 0 Å². The van der Waals surface area contributed by atoms with E-state index in [1.165, 1.54) is 19.1 Å². The zero-order valence-corrected chi connectivity index (χ0v) is 12.5. The number of anilines is 2. The van der Waals surface area contributed by atoms with Gasteiger partial charge in [0, 0.05) is 18.4 Å². The van der Waals surface area contributed by atoms with Crippen LogP contribution >= 0.6 is 12.4 Å². The molecule has 0 aromatic heterocycles. The van der Waals surface area contributed by atoms with Crippen molar-refractivity contribution in [2.75, 3.05) is 24.1 Å². The monoisotopic (exact) mass is 322 g/mol. The molecule has 7 nitrogen and oxygen atoms in total. The molecule has 1 unspecified atom stereocenters. The number of fused-ring (bicyclic) bond motifs is 1. The number of nitrogens with two attached hydrogens (primary N) is 1. The van der Waals surface area contributed by atoms with Gasteiger partial charge in [-0.2, -0.15) is 0 Å². The van der Waals surface area contributed by atoms with E-state index in [-0.39, 0.29) is 24.9 Å². The predicted molar refractivity (Wildman–Crippen MR) is 77.2 cm³/mol. The van der Waals surface area contributed by atoms with Crippen LogP contribution in [0.4, 0.5) is 11.4 Å². The van der Waals surface area contributed by atoms with Crippen LogP contribution in [0.5, 0.6) is 11.5 Å². The Kier molecular flexibility index (Phi) is 4.72. The van der Waals surface area contributed by atoms with Crippen LogP contribution in [0.3, 0.4) is 0 Å². The maximum atomic E-state index is 11.8. The van der Waals surface area contributed by atoms with Gasteiger partial charge in [0.15, 0.2) is 21.3 Å². The molecule has 1 aliphatic heterocycles. The average Bonchev–Trinajstić information content (AvgIpc) is 2.74. The van der Waals surface area contributed by atoms with E-state index in [0.29, 0.717) is 17.2 Å². The van der Waals surface area contributed by atoms with Crippen molar-refractivity contribution in [2.45, 2.75) is 12.2 Å². The minimum absolute atomic E-state index is 0. The van der Waals surface area contributed by atoms with Gasteiger partial charge < -0.3 is 20.5 Å². The molecule has 3 N–H and O–H groups in total. The predicted octanol–water partition coefficient (Wildman–Crippen LogP) is 0.791. The third-order valence-electron chi connectivity index (χ3n) is 2.81. The van der Waals surface area contributed by atoms with E-state index in [1.807, 2.05) is 0 Å². The molecule has 1 aliphatic rings. The number of halogens is 1. The van der Waals surface area contributed by atoms with Crippen LogP contribution in [0, 0.1) is 0 Å². The maximum Gasteiger partial charge on any atom is 0.242 e. The molecule has 2 rings (SSSR count). The number of nitrogens with one attached hydrogen (secondary N) is 1.